The molecular formula is C17H16ClFN2O. The quantitative estimate of drug-likeness (QED) is 0.767. The fourth-order valence-electron chi connectivity index (χ4n) is 2.48. The zero-order chi connectivity index (χ0) is 15.7. The molecule has 1 aromatic heterocycles. The molecule has 0 spiro atoms. The van der Waals surface area contributed by atoms with Crippen molar-refractivity contribution in [1.82, 2.24) is 9.88 Å². The normalized spacial score (nSPS) is 11.1. The maximum atomic E-state index is 13.7. The Kier molecular flexibility index (Phi) is 4.05. The van der Waals surface area contributed by atoms with Gasteiger partial charge < -0.3 is 14.6 Å². The standard InChI is InChI=1S/C17H16ClFN2O/c1-20-10-11-8-14(19)13(18)9-17(11)22-16-5-3-4-15-12(16)6-7-21(15)2/h3-9,20H,10H2,1-2H3. The lowest BCUT2D eigenvalue weighted by molar-refractivity contribution is 0.477. The molecule has 0 aliphatic heterocycles. The van der Waals surface area contributed by atoms with Crippen LogP contribution in [-0.4, -0.2) is 11.6 Å². The van der Waals surface area contributed by atoms with E-state index < -0.39 is 5.82 Å². The van der Waals surface area contributed by atoms with E-state index in [0.29, 0.717) is 12.3 Å². The van der Waals surface area contributed by atoms with Crippen molar-refractivity contribution in [3.63, 3.8) is 0 Å². The Hall–Kier alpha value is -2.04. The maximum Gasteiger partial charge on any atom is 0.142 e. The molecule has 3 rings (SSSR count). The van der Waals surface area contributed by atoms with Gasteiger partial charge in [-0.2, -0.15) is 0 Å². The van der Waals surface area contributed by atoms with Gasteiger partial charge in [-0.25, -0.2) is 4.39 Å². The van der Waals surface area contributed by atoms with Crippen molar-refractivity contribution in [2.24, 2.45) is 7.05 Å². The number of ether oxygens (including phenoxy) is 1. The summed E-state index contributed by atoms with van der Waals surface area (Å²) in [5.41, 5.74) is 1.79. The molecule has 114 valence electrons. The lowest BCUT2D eigenvalue weighted by atomic mass is 10.2. The molecule has 0 unspecified atom stereocenters. The summed E-state index contributed by atoms with van der Waals surface area (Å²) in [6.07, 6.45) is 1.98. The third kappa shape index (κ3) is 2.67. The Morgan fingerprint density at radius 3 is 2.82 bits per heavy atom. The van der Waals surface area contributed by atoms with Crippen LogP contribution in [0, 0.1) is 5.82 Å². The molecule has 0 bridgehead atoms. The summed E-state index contributed by atoms with van der Waals surface area (Å²) in [5.74, 6) is 0.826. The highest BCUT2D eigenvalue weighted by molar-refractivity contribution is 6.30. The Bertz CT molecular complexity index is 829. The number of hydrogen-bond donors (Lipinski definition) is 1. The van der Waals surface area contributed by atoms with Crippen molar-refractivity contribution in [1.29, 1.82) is 0 Å². The second-order valence-electron chi connectivity index (χ2n) is 5.12. The number of fused-ring (bicyclic) bond motifs is 1. The number of nitrogens with one attached hydrogen (secondary N) is 1. The van der Waals surface area contributed by atoms with Gasteiger partial charge in [-0.15, -0.1) is 0 Å². The van der Waals surface area contributed by atoms with Crippen molar-refractivity contribution in [3.05, 3.63) is 59.0 Å². The molecule has 3 aromatic rings. The van der Waals surface area contributed by atoms with Crippen LogP contribution >= 0.6 is 11.6 Å². The topological polar surface area (TPSA) is 26.2 Å². The summed E-state index contributed by atoms with van der Waals surface area (Å²) >= 11 is 5.90. The first-order chi connectivity index (χ1) is 10.6. The first-order valence-corrected chi connectivity index (χ1v) is 7.32. The maximum absolute atomic E-state index is 13.7. The van der Waals surface area contributed by atoms with E-state index >= 15 is 0 Å². The van der Waals surface area contributed by atoms with Gasteiger partial charge in [-0.1, -0.05) is 17.7 Å². The van der Waals surface area contributed by atoms with Crippen LogP contribution in [-0.2, 0) is 13.6 Å². The number of aryl methyl sites for hydroxylation is 1. The molecule has 0 amide bonds. The second-order valence-corrected chi connectivity index (χ2v) is 5.53. The number of aromatic nitrogens is 1. The molecule has 0 saturated carbocycles. The average Bonchev–Trinajstić information content (AvgIpc) is 2.87. The molecule has 0 radical (unpaired) electrons. The van der Waals surface area contributed by atoms with Crippen LogP contribution in [0.25, 0.3) is 10.9 Å². The summed E-state index contributed by atoms with van der Waals surface area (Å²) in [5, 5.41) is 4.06. The van der Waals surface area contributed by atoms with E-state index in [4.69, 9.17) is 16.3 Å². The number of nitrogens with zero attached hydrogens (tertiary/aromatic N) is 1. The largest absolute Gasteiger partial charge is 0.456 e. The third-order valence-corrected chi connectivity index (χ3v) is 3.87. The SMILES string of the molecule is CNCc1cc(F)c(Cl)cc1Oc1cccc2c1ccn2C. The minimum absolute atomic E-state index is 0.0510. The fourth-order valence-corrected chi connectivity index (χ4v) is 2.63. The predicted molar refractivity (Wildman–Crippen MR) is 87.2 cm³/mol. The smallest absolute Gasteiger partial charge is 0.142 e. The van der Waals surface area contributed by atoms with Crippen LogP contribution in [0.2, 0.25) is 5.02 Å². The van der Waals surface area contributed by atoms with Gasteiger partial charge in [0, 0.05) is 36.8 Å². The van der Waals surface area contributed by atoms with Gasteiger partial charge in [0.05, 0.1) is 10.5 Å². The Morgan fingerprint density at radius 1 is 1.23 bits per heavy atom. The van der Waals surface area contributed by atoms with Gasteiger partial charge in [0.2, 0.25) is 0 Å². The van der Waals surface area contributed by atoms with Gasteiger partial charge >= 0.3 is 0 Å². The molecule has 0 saturated heterocycles. The third-order valence-electron chi connectivity index (χ3n) is 3.58. The van der Waals surface area contributed by atoms with Crippen molar-refractivity contribution in [2.45, 2.75) is 6.54 Å². The van der Waals surface area contributed by atoms with E-state index in [0.717, 1.165) is 22.2 Å². The van der Waals surface area contributed by atoms with Crippen LogP contribution in [0.4, 0.5) is 4.39 Å². The van der Waals surface area contributed by atoms with Crippen molar-refractivity contribution in [2.75, 3.05) is 7.05 Å². The lowest BCUT2D eigenvalue weighted by Gasteiger charge is -2.13. The van der Waals surface area contributed by atoms with Crippen LogP contribution in [0.15, 0.2) is 42.6 Å². The fraction of sp³-hybridized carbons (Fsp3) is 0.176. The molecule has 22 heavy (non-hydrogen) atoms. The first kappa shape index (κ1) is 14.9. The van der Waals surface area contributed by atoms with Gasteiger partial charge in [-0.05, 0) is 31.3 Å². The molecule has 2 aromatic carbocycles. The molecule has 1 heterocycles. The van der Waals surface area contributed by atoms with Crippen molar-refractivity contribution in [3.8, 4) is 11.5 Å². The molecule has 0 aliphatic rings. The van der Waals surface area contributed by atoms with E-state index in [-0.39, 0.29) is 5.02 Å². The molecule has 1 N–H and O–H groups in total. The number of hydrogen-bond acceptors (Lipinski definition) is 2. The van der Waals surface area contributed by atoms with E-state index in [9.17, 15) is 4.39 Å². The Balaban J connectivity index is 2.06. The highest BCUT2D eigenvalue weighted by atomic mass is 35.5. The minimum atomic E-state index is -0.447. The number of halogens is 2. The molecule has 0 aliphatic carbocycles. The average molecular weight is 319 g/mol. The lowest BCUT2D eigenvalue weighted by Crippen LogP contribution is -2.07. The monoisotopic (exact) mass is 318 g/mol. The minimum Gasteiger partial charge on any atom is -0.456 e. The van der Waals surface area contributed by atoms with Crippen LogP contribution < -0.4 is 10.1 Å². The first-order valence-electron chi connectivity index (χ1n) is 6.94. The molecule has 5 heteroatoms. The Labute approximate surface area is 133 Å². The summed E-state index contributed by atoms with van der Waals surface area (Å²) in [6, 6.07) is 10.8. The van der Waals surface area contributed by atoms with E-state index in [1.54, 1.807) is 7.05 Å². The molecule has 0 atom stereocenters. The molecule has 0 fully saturated rings. The number of rotatable bonds is 4. The van der Waals surface area contributed by atoms with Crippen LogP contribution in [0.1, 0.15) is 5.56 Å². The van der Waals surface area contributed by atoms with E-state index in [1.165, 1.54) is 12.1 Å². The summed E-state index contributed by atoms with van der Waals surface area (Å²) in [6.45, 7) is 0.494. The van der Waals surface area contributed by atoms with Crippen molar-refractivity contribution >= 4 is 22.5 Å². The zero-order valence-corrected chi connectivity index (χ0v) is 13.1. The summed E-state index contributed by atoms with van der Waals surface area (Å²) in [7, 11) is 3.78. The predicted octanol–water partition coefficient (Wildman–Crippen LogP) is 4.48. The van der Waals surface area contributed by atoms with Crippen LogP contribution in [0.5, 0.6) is 11.5 Å². The van der Waals surface area contributed by atoms with E-state index in [2.05, 4.69) is 5.32 Å². The van der Waals surface area contributed by atoms with E-state index in [1.807, 2.05) is 42.1 Å². The summed E-state index contributed by atoms with van der Waals surface area (Å²) < 4.78 is 21.7. The second kappa shape index (κ2) is 5.99. The summed E-state index contributed by atoms with van der Waals surface area (Å²) in [4.78, 5) is 0. The van der Waals surface area contributed by atoms with Crippen molar-refractivity contribution < 1.29 is 9.13 Å². The molecular weight excluding hydrogens is 303 g/mol. The van der Waals surface area contributed by atoms with Gasteiger partial charge in [0.15, 0.2) is 0 Å². The van der Waals surface area contributed by atoms with Gasteiger partial charge in [0.25, 0.3) is 0 Å². The zero-order valence-electron chi connectivity index (χ0n) is 12.4. The highest BCUT2D eigenvalue weighted by Crippen LogP contribution is 2.34. The van der Waals surface area contributed by atoms with Crippen LogP contribution in [0.3, 0.4) is 0 Å². The molecule has 3 nitrogen and oxygen atoms in total. The van der Waals surface area contributed by atoms with Gasteiger partial charge in [-0.3, -0.25) is 0 Å². The Morgan fingerprint density at radius 2 is 2.05 bits per heavy atom. The highest BCUT2D eigenvalue weighted by Gasteiger charge is 2.12. The van der Waals surface area contributed by atoms with Gasteiger partial charge in [0.1, 0.15) is 17.3 Å². The number of benzene rings is 2.